The summed E-state index contributed by atoms with van der Waals surface area (Å²) in [5.74, 6) is -0.559. The van der Waals surface area contributed by atoms with Crippen LogP contribution >= 0.6 is 0 Å². The Balaban J connectivity index is 1.67. The second kappa shape index (κ2) is 4.38. The van der Waals surface area contributed by atoms with Crippen molar-refractivity contribution in [1.82, 2.24) is 15.1 Å². The van der Waals surface area contributed by atoms with Gasteiger partial charge in [-0.05, 0) is 11.1 Å². The number of nitrogens with one attached hydrogen (secondary N) is 1. The van der Waals surface area contributed by atoms with Crippen molar-refractivity contribution in [3.8, 4) is 0 Å². The van der Waals surface area contributed by atoms with Gasteiger partial charge in [0, 0.05) is 13.1 Å². The van der Waals surface area contributed by atoms with E-state index in [-0.39, 0.29) is 24.9 Å². The normalized spacial score (nSPS) is 17.7. The Hall–Kier alpha value is -2.37. The summed E-state index contributed by atoms with van der Waals surface area (Å²) in [6, 6.07) is 7.34. The lowest BCUT2D eigenvalue weighted by atomic mass is 10.1. The molecule has 1 aromatic carbocycles. The van der Waals surface area contributed by atoms with Gasteiger partial charge in [-0.2, -0.15) is 0 Å². The summed E-state index contributed by atoms with van der Waals surface area (Å²) in [4.78, 5) is 37.5. The molecule has 1 N–H and O–H groups in total. The minimum absolute atomic E-state index is 0.0215. The van der Waals surface area contributed by atoms with Crippen LogP contribution in [0.4, 0.5) is 4.79 Å². The van der Waals surface area contributed by atoms with Crippen LogP contribution in [-0.4, -0.2) is 40.7 Å². The van der Waals surface area contributed by atoms with Gasteiger partial charge in [0.15, 0.2) is 0 Å². The van der Waals surface area contributed by atoms with E-state index in [0.29, 0.717) is 13.1 Å². The van der Waals surface area contributed by atoms with Crippen LogP contribution < -0.4 is 5.32 Å². The highest BCUT2D eigenvalue weighted by molar-refractivity contribution is 6.04. The van der Waals surface area contributed by atoms with E-state index in [4.69, 9.17) is 0 Å². The van der Waals surface area contributed by atoms with Gasteiger partial charge in [-0.1, -0.05) is 24.3 Å². The summed E-state index contributed by atoms with van der Waals surface area (Å²) < 4.78 is 0. The van der Waals surface area contributed by atoms with Gasteiger partial charge >= 0.3 is 6.03 Å². The van der Waals surface area contributed by atoms with Crippen molar-refractivity contribution in [2.24, 2.45) is 0 Å². The number of imide groups is 1. The van der Waals surface area contributed by atoms with Crippen molar-refractivity contribution >= 4 is 17.8 Å². The average Bonchev–Trinajstić information content (AvgIpc) is 2.97. The van der Waals surface area contributed by atoms with Crippen LogP contribution in [0.1, 0.15) is 11.1 Å². The topological polar surface area (TPSA) is 69.7 Å². The molecule has 98 valence electrons. The largest absolute Gasteiger partial charge is 0.332 e. The van der Waals surface area contributed by atoms with Gasteiger partial charge in [0.05, 0.1) is 6.54 Å². The number of benzene rings is 1. The molecule has 0 atom stereocenters. The van der Waals surface area contributed by atoms with E-state index in [2.05, 4.69) is 5.32 Å². The summed E-state index contributed by atoms with van der Waals surface area (Å²) in [6.07, 6.45) is 0. The van der Waals surface area contributed by atoms with E-state index in [1.54, 1.807) is 4.90 Å². The molecule has 2 aliphatic rings. The fourth-order valence-electron chi connectivity index (χ4n) is 2.36. The maximum absolute atomic E-state index is 12.1. The molecule has 0 radical (unpaired) electrons. The Morgan fingerprint density at radius 2 is 1.79 bits per heavy atom. The molecule has 0 aliphatic carbocycles. The van der Waals surface area contributed by atoms with Gasteiger partial charge in [-0.25, -0.2) is 4.79 Å². The molecule has 0 unspecified atom stereocenters. The van der Waals surface area contributed by atoms with Crippen molar-refractivity contribution in [3.05, 3.63) is 35.4 Å². The van der Waals surface area contributed by atoms with Crippen molar-refractivity contribution in [2.75, 3.05) is 13.1 Å². The van der Waals surface area contributed by atoms with E-state index >= 15 is 0 Å². The van der Waals surface area contributed by atoms with Gasteiger partial charge in [0.2, 0.25) is 5.91 Å². The van der Waals surface area contributed by atoms with Crippen LogP contribution in [-0.2, 0) is 22.7 Å². The molecule has 0 bridgehead atoms. The predicted molar refractivity (Wildman–Crippen MR) is 65.8 cm³/mol. The Morgan fingerprint density at radius 3 is 2.32 bits per heavy atom. The number of carbonyl (C=O) groups excluding carboxylic acids is 3. The van der Waals surface area contributed by atoms with Gasteiger partial charge in [0.1, 0.15) is 6.54 Å². The third-order valence-corrected chi connectivity index (χ3v) is 3.42. The third kappa shape index (κ3) is 2.05. The Kier molecular flexibility index (Phi) is 2.70. The lowest BCUT2D eigenvalue weighted by Gasteiger charge is -2.18. The number of hydrogen-bond donors (Lipinski definition) is 1. The number of urea groups is 1. The Bertz CT molecular complexity index is 529. The van der Waals surface area contributed by atoms with Crippen LogP contribution in [0.2, 0.25) is 0 Å². The second-order valence-electron chi connectivity index (χ2n) is 4.66. The van der Waals surface area contributed by atoms with Gasteiger partial charge < -0.3 is 10.2 Å². The highest BCUT2D eigenvalue weighted by Gasteiger charge is 2.32. The van der Waals surface area contributed by atoms with Crippen LogP contribution in [0.5, 0.6) is 0 Å². The van der Waals surface area contributed by atoms with E-state index < -0.39 is 6.03 Å². The quantitative estimate of drug-likeness (QED) is 0.765. The van der Waals surface area contributed by atoms with Crippen molar-refractivity contribution in [1.29, 1.82) is 0 Å². The fraction of sp³-hybridized carbons (Fsp3) is 0.308. The number of hydrogen-bond acceptors (Lipinski definition) is 3. The molecule has 3 rings (SSSR count). The molecule has 1 aromatic rings. The Morgan fingerprint density at radius 1 is 1.16 bits per heavy atom. The van der Waals surface area contributed by atoms with Crippen LogP contribution in [0.25, 0.3) is 0 Å². The number of nitrogens with zero attached hydrogens (tertiary/aromatic N) is 2. The molecule has 4 amide bonds. The van der Waals surface area contributed by atoms with Crippen LogP contribution in [0, 0.1) is 0 Å². The van der Waals surface area contributed by atoms with E-state index in [9.17, 15) is 14.4 Å². The number of rotatable bonds is 2. The summed E-state index contributed by atoms with van der Waals surface area (Å²) in [6.45, 7) is 0.877. The van der Waals surface area contributed by atoms with Crippen molar-refractivity contribution < 1.29 is 14.4 Å². The average molecular weight is 259 g/mol. The zero-order valence-electron chi connectivity index (χ0n) is 10.3. The monoisotopic (exact) mass is 259 g/mol. The summed E-state index contributed by atoms with van der Waals surface area (Å²) in [5, 5.41) is 2.40. The summed E-state index contributed by atoms with van der Waals surface area (Å²) in [7, 11) is 0. The van der Waals surface area contributed by atoms with E-state index in [1.165, 1.54) is 0 Å². The summed E-state index contributed by atoms with van der Waals surface area (Å²) in [5.41, 5.74) is 2.24. The number of fused-ring (bicyclic) bond motifs is 1. The smallest absolute Gasteiger partial charge is 0.325 e. The third-order valence-electron chi connectivity index (χ3n) is 3.42. The molecule has 1 saturated heterocycles. The van der Waals surface area contributed by atoms with Gasteiger partial charge in [-0.3, -0.25) is 14.5 Å². The minimum atomic E-state index is -0.491. The first-order chi connectivity index (χ1) is 9.15. The van der Waals surface area contributed by atoms with Gasteiger partial charge in [-0.15, -0.1) is 0 Å². The molecule has 2 aliphatic heterocycles. The highest BCUT2D eigenvalue weighted by Crippen LogP contribution is 2.22. The van der Waals surface area contributed by atoms with Crippen molar-refractivity contribution in [3.63, 3.8) is 0 Å². The lowest BCUT2D eigenvalue weighted by molar-refractivity contribution is -0.136. The molecular formula is C13H13N3O3. The highest BCUT2D eigenvalue weighted by atomic mass is 16.2. The van der Waals surface area contributed by atoms with Gasteiger partial charge in [0.25, 0.3) is 5.91 Å². The molecule has 0 aromatic heterocycles. The van der Waals surface area contributed by atoms with Crippen LogP contribution in [0.3, 0.4) is 0 Å². The minimum Gasteiger partial charge on any atom is -0.332 e. The standard InChI is InChI=1S/C13H13N3O3/c17-11-5-14-13(19)16(11)8-12(18)15-6-9-3-1-2-4-10(9)7-15/h1-4H,5-8H2,(H,14,19). The SMILES string of the molecule is O=C(CN1C(=O)CNC1=O)N1Cc2ccccc2C1. The fourth-order valence-corrected chi connectivity index (χ4v) is 2.36. The zero-order valence-corrected chi connectivity index (χ0v) is 10.3. The first-order valence-corrected chi connectivity index (χ1v) is 6.08. The first-order valence-electron chi connectivity index (χ1n) is 6.08. The molecular weight excluding hydrogens is 246 g/mol. The first kappa shape index (κ1) is 11.7. The Labute approximate surface area is 110 Å². The molecule has 6 nitrogen and oxygen atoms in total. The summed E-state index contributed by atoms with van der Waals surface area (Å²) >= 11 is 0. The molecule has 0 spiro atoms. The van der Waals surface area contributed by atoms with E-state index in [1.807, 2.05) is 24.3 Å². The molecule has 1 fully saturated rings. The maximum atomic E-state index is 12.1. The molecule has 0 saturated carbocycles. The van der Waals surface area contributed by atoms with Crippen molar-refractivity contribution in [2.45, 2.75) is 13.1 Å². The predicted octanol–water partition coefficient (Wildman–Crippen LogP) is 0.0806. The van der Waals surface area contributed by atoms with Crippen LogP contribution in [0.15, 0.2) is 24.3 Å². The lowest BCUT2D eigenvalue weighted by Crippen LogP contribution is -2.41. The molecule has 19 heavy (non-hydrogen) atoms. The second-order valence-corrected chi connectivity index (χ2v) is 4.66. The molecule has 2 heterocycles. The molecule has 6 heteroatoms. The zero-order chi connectivity index (χ0) is 13.4. The maximum Gasteiger partial charge on any atom is 0.325 e. The van der Waals surface area contributed by atoms with E-state index in [0.717, 1.165) is 16.0 Å². The number of amides is 4. The number of carbonyl (C=O) groups is 3.